The summed E-state index contributed by atoms with van der Waals surface area (Å²) >= 11 is 0. The third-order valence-corrected chi connectivity index (χ3v) is 8.99. The molecule has 226 valence electrons. The van der Waals surface area contributed by atoms with Gasteiger partial charge >= 0.3 is 7.82 Å². The molecular weight excluding hydrogens is 596 g/mol. The molecule has 0 aromatic carbocycles. The van der Waals surface area contributed by atoms with Crippen molar-refractivity contribution in [2.24, 2.45) is 0 Å². The van der Waals surface area contributed by atoms with Crippen LogP contribution in [0.2, 0.25) is 0 Å². The summed E-state index contributed by atoms with van der Waals surface area (Å²) in [4.78, 5) is 55.8. The molecule has 7 atom stereocenters. The number of nitrogens with one attached hydrogen (secondary N) is 1. The van der Waals surface area contributed by atoms with E-state index >= 15 is 0 Å². The van der Waals surface area contributed by atoms with E-state index in [0.717, 1.165) is 0 Å². The number of nitrogens with zero attached hydrogens (tertiary/aromatic N) is 7. The SMILES string of the molecule is CCP(O)OCC1OC(n2cnc3c(=O)[nH]cnc32)C[C@@H]1OP(=O)(O)OCC1CCC(n2cnc3c(N)ncnc32)O1. The number of ether oxygens (including phenoxy) is 2. The molecule has 20 heteroatoms. The Bertz CT molecular complexity index is 1670. The number of fused-ring (bicyclic) bond motifs is 2. The summed E-state index contributed by atoms with van der Waals surface area (Å²) in [6, 6.07) is 0. The Balaban J connectivity index is 1.10. The van der Waals surface area contributed by atoms with Crippen LogP contribution in [0, 0.1) is 0 Å². The lowest BCUT2D eigenvalue weighted by atomic mass is 10.2. The number of phosphoric ester groups is 1. The third-order valence-electron chi connectivity index (χ3n) is 6.99. The molecule has 0 radical (unpaired) electrons. The van der Waals surface area contributed by atoms with Crippen LogP contribution in [-0.2, 0) is 27.6 Å². The van der Waals surface area contributed by atoms with Crippen LogP contribution in [0.25, 0.3) is 22.3 Å². The van der Waals surface area contributed by atoms with Crippen molar-refractivity contribution in [1.29, 1.82) is 0 Å². The first-order valence-corrected chi connectivity index (χ1v) is 16.0. The monoisotopic (exact) mass is 625 g/mol. The normalized spacial score (nSPS) is 26.7. The second-order valence-electron chi connectivity index (χ2n) is 9.67. The van der Waals surface area contributed by atoms with E-state index in [-0.39, 0.29) is 36.6 Å². The first-order chi connectivity index (χ1) is 20.2. The van der Waals surface area contributed by atoms with Crippen molar-refractivity contribution in [1.82, 2.24) is 39.0 Å². The Kier molecular flexibility index (Phi) is 8.33. The fourth-order valence-electron chi connectivity index (χ4n) is 4.93. The fraction of sp³-hybridized carbons (Fsp3) is 0.545. The number of anilines is 1. The summed E-state index contributed by atoms with van der Waals surface area (Å²) in [5.74, 6) is 0.258. The van der Waals surface area contributed by atoms with E-state index in [1.54, 1.807) is 17.8 Å². The van der Waals surface area contributed by atoms with Gasteiger partial charge in [-0.25, -0.2) is 29.5 Å². The lowest BCUT2D eigenvalue weighted by Gasteiger charge is -2.22. The first kappa shape index (κ1) is 29.2. The van der Waals surface area contributed by atoms with Gasteiger partial charge in [0.15, 0.2) is 31.0 Å². The first-order valence-electron chi connectivity index (χ1n) is 13.1. The predicted molar refractivity (Wildman–Crippen MR) is 146 cm³/mol. The maximum Gasteiger partial charge on any atom is 0.472 e. The van der Waals surface area contributed by atoms with Gasteiger partial charge in [0.1, 0.15) is 36.5 Å². The van der Waals surface area contributed by atoms with Crippen molar-refractivity contribution >= 4 is 44.3 Å². The van der Waals surface area contributed by atoms with Gasteiger partial charge in [-0.05, 0) is 12.8 Å². The summed E-state index contributed by atoms with van der Waals surface area (Å²) in [6.07, 6.45) is 3.75. The quantitative estimate of drug-likeness (QED) is 0.172. The van der Waals surface area contributed by atoms with Crippen molar-refractivity contribution in [3.05, 3.63) is 35.7 Å². The zero-order valence-electron chi connectivity index (χ0n) is 22.3. The molecule has 0 saturated carbocycles. The molecule has 0 bridgehead atoms. The van der Waals surface area contributed by atoms with Crippen LogP contribution in [-0.4, -0.2) is 86.5 Å². The molecule has 6 rings (SSSR count). The number of aromatic amines is 1. The molecule has 18 nitrogen and oxygen atoms in total. The summed E-state index contributed by atoms with van der Waals surface area (Å²) < 4.78 is 44.8. The number of hydrogen-bond acceptors (Lipinski definition) is 14. The van der Waals surface area contributed by atoms with Crippen molar-refractivity contribution in [2.75, 3.05) is 25.1 Å². The molecule has 42 heavy (non-hydrogen) atoms. The van der Waals surface area contributed by atoms with Crippen molar-refractivity contribution < 1.29 is 37.4 Å². The minimum Gasteiger partial charge on any atom is -0.382 e. The molecule has 4 aromatic heterocycles. The topological polar surface area (TPSA) is 237 Å². The fourth-order valence-corrected chi connectivity index (χ4v) is 6.41. The van der Waals surface area contributed by atoms with Crippen LogP contribution in [0.3, 0.4) is 0 Å². The van der Waals surface area contributed by atoms with E-state index in [1.807, 2.05) is 0 Å². The molecular formula is C22H29N9O9P2. The van der Waals surface area contributed by atoms with Gasteiger partial charge in [0.25, 0.3) is 5.56 Å². The molecule has 6 unspecified atom stereocenters. The average Bonchev–Trinajstić information content (AvgIpc) is 3.76. The lowest BCUT2D eigenvalue weighted by Crippen LogP contribution is -2.28. The highest BCUT2D eigenvalue weighted by molar-refractivity contribution is 7.47. The highest BCUT2D eigenvalue weighted by Crippen LogP contribution is 2.49. The summed E-state index contributed by atoms with van der Waals surface area (Å²) in [5.41, 5.74) is 6.83. The van der Waals surface area contributed by atoms with Gasteiger partial charge in [-0.3, -0.25) is 23.0 Å². The maximum absolute atomic E-state index is 13.0. The van der Waals surface area contributed by atoms with E-state index in [2.05, 4.69) is 29.9 Å². The van der Waals surface area contributed by atoms with Gasteiger partial charge in [0, 0.05) is 12.6 Å². The van der Waals surface area contributed by atoms with Gasteiger partial charge in [-0.15, -0.1) is 0 Å². The van der Waals surface area contributed by atoms with Crippen LogP contribution in [0.5, 0.6) is 0 Å². The molecule has 0 amide bonds. The number of imidazole rings is 2. The van der Waals surface area contributed by atoms with Crippen LogP contribution in [0.4, 0.5) is 5.82 Å². The number of phosphoric acid groups is 1. The zero-order valence-corrected chi connectivity index (χ0v) is 24.1. The number of rotatable bonds is 11. The Morgan fingerprint density at radius 2 is 1.86 bits per heavy atom. The van der Waals surface area contributed by atoms with Crippen molar-refractivity contribution in [2.45, 2.75) is 57.0 Å². The third kappa shape index (κ3) is 5.95. The smallest absolute Gasteiger partial charge is 0.382 e. The number of hydrogen-bond donors (Lipinski definition) is 4. The Labute approximate surface area is 238 Å². The van der Waals surface area contributed by atoms with Crippen LogP contribution in [0.15, 0.2) is 30.1 Å². The van der Waals surface area contributed by atoms with Gasteiger partial charge in [-0.2, -0.15) is 0 Å². The molecule has 0 spiro atoms. The molecule has 2 aliphatic heterocycles. The van der Waals surface area contributed by atoms with Crippen molar-refractivity contribution in [3.63, 3.8) is 0 Å². The van der Waals surface area contributed by atoms with E-state index in [1.165, 1.54) is 23.5 Å². The number of aromatic nitrogens is 8. The predicted octanol–water partition coefficient (Wildman–Crippen LogP) is 1.35. The summed E-state index contributed by atoms with van der Waals surface area (Å²) in [7, 11) is -6.29. The van der Waals surface area contributed by atoms with Gasteiger partial charge < -0.3 is 34.5 Å². The number of nitrogen functional groups attached to an aromatic ring is 1. The molecule has 2 fully saturated rings. The van der Waals surface area contributed by atoms with E-state index < -0.39 is 52.5 Å². The number of H-pyrrole nitrogens is 1. The highest BCUT2D eigenvalue weighted by atomic mass is 31.2. The minimum absolute atomic E-state index is 0.0953. The van der Waals surface area contributed by atoms with Gasteiger partial charge in [0.2, 0.25) is 0 Å². The maximum atomic E-state index is 13.0. The highest BCUT2D eigenvalue weighted by Gasteiger charge is 2.43. The summed E-state index contributed by atoms with van der Waals surface area (Å²) in [6.45, 7) is 1.46. The van der Waals surface area contributed by atoms with Crippen molar-refractivity contribution in [3.8, 4) is 0 Å². The molecule has 2 saturated heterocycles. The minimum atomic E-state index is -4.60. The molecule has 5 N–H and O–H groups in total. The largest absolute Gasteiger partial charge is 0.472 e. The molecule has 4 aromatic rings. The molecule has 6 heterocycles. The van der Waals surface area contributed by atoms with E-state index in [9.17, 15) is 19.1 Å². The van der Waals surface area contributed by atoms with E-state index in [0.29, 0.717) is 30.2 Å². The van der Waals surface area contributed by atoms with Gasteiger partial charge in [-0.1, -0.05) is 6.92 Å². The standard InChI is InChI=1S/C22H29N9O9P2/c1-2-41(33)36-7-14-13(5-16(39-14)31-11-29-18-21(31)26-9-27-22(18)32)40-42(34,35)37-6-12-3-4-15(38-12)30-10-28-17-19(23)24-8-25-20(17)30/h8-16,33H,2-7H2,1H3,(H,34,35)(H2,23,24,25)(H,26,27,32)/t12?,13-,14?,15?,16?,41?/m0/s1. The Morgan fingerprint density at radius 1 is 1.10 bits per heavy atom. The molecule has 2 aliphatic rings. The van der Waals surface area contributed by atoms with Crippen LogP contribution < -0.4 is 11.3 Å². The summed E-state index contributed by atoms with van der Waals surface area (Å²) in [5, 5.41) is 0. The van der Waals surface area contributed by atoms with Crippen LogP contribution in [0.1, 0.15) is 38.6 Å². The van der Waals surface area contributed by atoms with E-state index in [4.69, 9.17) is 28.8 Å². The van der Waals surface area contributed by atoms with Gasteiger partial charge in [0.05, 0.1) is 38.3 Å². The number of nitrogens with two attached hydrogens (primary N) is 1. The van der Waals surface area contributed by atoms with Crippen LogP contribution >= 0.6 is 16.2 Å². The zero-order chi connectivity index (χ0) is 29.4. The Morgan fingerprint density at radius 3 is 2.67 bits per heavy atom. The average molecular weight is 625 g/mol. The molecule has 0 aliphatic carbocycles. The lowest BCUT2D eigenvalue weighted by molar-refractivity contribution is -0.0442. The second kappa shape index (κ2) is 12.0. The Hall–Kier alpha value is -2.92. The second-order valence-corrected chi connectivity index (χ2v) is 12.7.